The lowest BCUT2D eigenvalue weighted by Crippen LogP contribution is -2.21. The van der Waals surface area contributed by atoms with Crippen molar-refractivity contribution < 1.29 is 18.7 Å². The molecule has 0 radical (unpaired) electrons. The van der Waals surface area contributed by atoms with Crippen LogP contribution < -0.4 is 5.32 Å². The van der Waals surface area contributed by atoms with E-state index in [0.717, 1.165) is 10.9 Å². The number of thiophene rings is 1. The predicted octanol–water partition coefficient (Wildman–Crippen LogP) is 5.55. The summed E-state index contributed by atoms with van der Waals surface area (Å²) in [7, 11) is 0. The van der Waals surface area contributed by atoms with Gasteiger partial charge in [-0.2, -0.15) is 0 Å². The molecule has 150 valence electrons. The van der Waals surface area contributed by atoms with Crippen molar-refractivity contribution in [3.05, 3.63) is 82.4 Å². The van der Waals surface area contributed by atoms with Crippen molar-refractivity contribution in [3.63, 3.8) is 0 Å². The molecular formula is C22H14ClFN2O3S. The number of carbonyl (C=O) groups excluding carboxylic acids is 2. The zero-order chi connectivity index (χ0) is 21.1. The number of anilines is 1. The first-order chi connectivity index (χ1) is 14.5. The summed E-state index contributed by atoms with van der Waals surface area (Å²) in [4.78, 5) is 30.4. The highest BCUT2D eigenvalue weighted by molar-refractivity contribution is 7.13. The van der Waals surface area contributed by atoms with Gasteiger partial charge in [-0.25, -0.2) is 14.2 Å². The van der Waals surface area contributed by atoms with Crippen molar-refractivity contribution in [2.24, 2.45) is 0 Å². The highest BCUT2D eigenvalue weighted by atomic mass is 35.5. The maximum absolute atomic E-state index is 13.2. The van der Waals surface area contributed by atoms with Crippen molar-refractivity contribution >= 4 is 51.4 Å². The Balaban J connectivity index is 1.52. The van der Waals surface area contributed by atoms with E-state index in [2.05, 4.69) is 10.3 Å². The standard InChI is InChI=1S/C22H14ClFN2O3S/c23-16-10-13(7-8-17(16)24)25-21(27)12-29-22(28)15-11-19(20-6-3-9-30-20)26-18-5-2-1-4-14(15)18/h1-11H,12H2,(H,25,27). The Bertz CT molecular complexity index is 1240. The molecule has 4 rings (SSSR count). The number of hydrogen-bond donors (Lipinski definition) is 1. The number of carbonyl (C=O) groups is 2. The van der Waals surface area contributed by atoms with Crippen molar-refractivity contribution in [1.82, 2.24) is 4.98 Å². The number of hydrogen-bond acceptors (Lipinski definition) is 5. The summed E-state index contributed by atoms with van der Waals surface area (Å²) in [6.45, 7) is -0.501. The molecule has 5 nitrogen and oxygen atoms in total. The molecule has 0 aliphatic carbocycles. The summed E-state index contributed by atoms with van der Waals surface area (Å²) in [6.07, 6.45) is 0. The maximum Gasteiger partial charge on any atom is 0.339 e. The van der Waals surface area contributed by atoms with Crippen LogP contribution in [0.25, 0.3) is 21.5 Å². The third-order valence-corrected chi connectivity index (χ3v) is 5.43. The van der Waals surface area contributed by atoms with Gasteiger partial charge in [0.1, 0.15) is 5.82 Å². The Kier molecular flexibility index (Phi) is 5.74. The Morgan fingerprint density at radius 3 is 2.70 bits per heavy atom. The van der Waals surface area contributed by atoms with Gasteiger partial charge in [-0.1, -0.05) is 35.9 Å². The van der Waals surface area contributed by atoms with Crippen LogP contribution >= 0.6 is 22.9 Å². The number of nitrogens with one attached hydrogen (secondary N) is 1. The fraction of sp³-hybridized carbons (Fsp3) is 0.0455. The number of halogens is 2. The highest BCUT2D eigenvalue weighted by Crippen LogP contribution is 2.28. The van der Waals surface area contributed by atoms with E-state index < -0.39 is 24.3 Å². The quantitative estimate of drug-likeness (QED) is 0.413. The maximum atomic E-state index is 13.2. The summed E-state index contributed by atoms with van der Waals surface area (Å²) >= 11 is 7.21. The van der Waals surface area contributed by atoms with Crippen LogP contribution in [0.15, 0.2) is 66.0 Å². The van der Waals surface area contributed by atoms with Crippen LogP contribution in [0, 0.1) is 5.82 Å². The number of benzene rings is 2. The molecular weight excluding hydrogens is 427 g/mol. The molecule has 4 aromatic rings. The van der Waals surface area contributed by atoms with E-state index in [0.29, 0.717) is 27.8 Å². The molecule has 0 saturated heterocycles. The number of amides is 1. The van der Waals surface area contributed by atoms with Gasteiger partial charge in [0.05, 0.1) is 26.7 Å². The van der Waals surface area contributed by atoms with Crippen LogP contribution in [-0.2, 0) is 9.53 Å². The molecule has 1 amide bonds. The molecule has 0 atom stereocenters. The topological polar surface area (TPSA) is 68.3 Å². The van der Waals surface area contributed by atoms with E-state index in [4.69, 9.17) is 16.3 Å². The summed E-state index contributed by atoms with van der Waals surface area (Å²) in [5.41, 5.74) is 1.93. The SMILES string of the molecule is O=C(COC(=O)c1cc(-c2cccs2)nc2ccccc12)Nc1ccc(F)c(Cl)c1. The van der Waals surface area contributed by atoms with Crippen molar-refractivity contribution in [2.75, 3.05) is 11.9 Å². The van der Waals surface area contributed by atoms with Crippen LogP contribution in [0.2, 0.25) is 5.02 Å². The molecule has 30 heavy (non-hydrogen) atoms. The molecule has 0 fully saturated rings. The summed E-state index contributed by atoms with van der Waals surface area (Å²) < 4.78 is 18.4. The van der Waals surface area contributed by atoms with Gasteiger partial charge in [-0.15, -0.1) is 11.3 Å². The molecule has 8 heteroatoms. The number of esters is 1. The van der Waals surface area contributed by atoms with Gasteiger partial charge in [0.25, 0.3) is 5.91 Å². The van der Waals surface area contributed by atoms with E-state index in [-0.39, 0.29) is 5.02 Å². The van der Waals surface area contributed by atoms with Gasteiger partial charge in [0, 0.05) is 11.1 Å². The smallest absolute Gasteiger partial charge is 0.339 e. The Hall–Kier alpha value is -3.29. The lowest BCUT2D eigenvalue weighted by molar-refractivity contribution is -0.119. The first kappa shape index (κ1) is 20.0. The fourth-order valence-corrected chi connectivity index (χ4v) is 3.74. The van der Waals surface area contributed by atoms with Gasteiger partial charge in [-0.3, -0.25) is 4.79 Å². The molecule has 2 aromatic heterocycles. The van der Waals surface area contributed by atoms with E-state index in [9.17, 15) is 14.0 Å². The second-order valence-electron chi connectivity index (χ2n) is 6.30. The van der Waals surface area contributed by atoms with Crippen molar-refractivity contribution in [2.45, 2.75) is 0 Å². The largest absolute Gasteiger partial charge is 0.452 e. The van der Waals surface area contributed by atoms with Crippen LogP contribution in [0.3, 0.4) is 0 Å². The number of pyridine rings is 1. The molecule has 0 bridgehead atoms. The average Bonchev–Trinajstić information content (AvgIpc) is 3.29. The second kappa shape index (κ2) is 8.61. The molecule has 0 unspecified atom stereocenters. The molecule has 2 heterocycles. The van der Waals surface area contributed by atoms with Crippen molar-refractivity contribution in [1.29, 1.82) is 0 Å². The van der Waals surface area contributed by atoms with Gasteiger partial charge in [-0.05, 0) is 41.8 Å². The van der Waals surface area contributed by atoms with E-state index in [1.807, 2.05) is 29.6 Å². The van der Waals surface area contributed by atoms with Crippen LogP contribution in [0.4, 0.5) is 10.1 Å². The van der Waals surface area contributed by atoms with Crippen LogP contribution in [-0.4, -0.2) is 23.5 Å². The Labute approximate surface area is 180 Å². The minimum Gasteiger partial charge on any atom is -0.452 e. The normalized spacial score (nSPS) is 10.7. The molecule has 1 N–H and O–H groups in total. The highest BCUT2D eigenvalue weighted by Gasteiger charge is 2.17. The third kappa shape index (κ3) is 4.32. The average molecular weight is 441 g/mol. The fourth-order valence-electron chi connectivity index (χ4n) is 2.87. The van der Waals surface area contributed by atoms with E-state index in [1.165, 1.54) is 23.5 Å². The summed E-state index contributed by atoms with van der Waals surface area (Å²) in [5.74, 6) is -1.80. The van der Waals surface area contributed by atoms with Gasteiger partial charge in [0.15, 0.2) is 6.61 Å². The zero-order valence-electron chi connectivity index (χ0n) is 15.4. The van der Waals surface area contributed by atoms with Crippen LogP contribution in [0.1, 0.15) is 10.4 Å². The first-order valence-electron chi connectivity index (χ1n) is 8.87. The monoisotopic (exact) mass is 440 g/mol. The van der Waals surface area contributed by atoms with Gasteiger partial charge < -0.3 is 10.1 Å². The van der Waals surface area contributed by atoms with Gasteiger partial charge in [0.2, 0.25) is 0 Å². The summed E-state index contributed by atoms with van der Waals surface area (Å²) in [5, 5.41) is 4.95. The Morgan fingerprint density at radius 2 is 1.93 bits per heavy atom. The number of para-hydroxylation sites is 1. The first-order valence-corrected chi connectivity index (χ1v) is 10.1. The zero-order valence-corrected chi connectivity index (χ0v) is 17.0. The minimum absolute atomic E-state index is 0.117. The van der Waals surface area contributed by atoms with E-state index in [1.54, 1.807) is 18.2 Å². The molecule has 2 aromatic carbocycles. The number of nitrogens with zero attached hydrogens (tertiary/aromatic N) is 1. The lowest BCUT2D eigenvalue weighted by Gasteiger charge is -2.10. The lowest BCUT2D eigenvalue weighted by atomic mass is 10.1. The van der Waals surface area contributed by atoms with E-state index >= 15 is 0 Å². The molecule has 0 spiro atoms. The Morgan fingerprint density at radius 1 is 1.10 bits per heavy atom. The third-order valence-electron chi connectivity index (χ3n) is 4.25. The molecule has 0 aliphatic rings. The van der Waals surface area contributed by atoms with Crippen LogP contribution in [0.5, 0.6) is 0 Å². The summed E-state index contributed by atoms with van der Waals surface area (Å²) in [6, 6.07) is 16.5. The van der Waals surface area contributed by atoms with Crippen molar-refractivity contribution in [3.8, 4) is 10.6 Å². The molecule has 0 saturated carbocycles. The number of ether oxygens (including phenoxy) is 1. The number of rotatable bonds is 5. The minimum atomic E-state index is -0.640. The number of aromatic nitrogens is 1. The second-order valence-corrected chi connectivity index (χ2v) is 7.66. The van der Waals surface area contributed by atoms with Gasteiger partial charge >= 0.3 is 5.97 Å². The predicted molar refractivity (Wildman–Crippen MR) is 115 cm³/mol. The molecule has 0 aliphatic heterocycles. The number of fused-ring (bicyclic) bond motifs is 1.